The molecule has 0 rings (SSSR count). The zero-order valence-electron chi connectivity index (χ0n) is 10.5. The van der Waals surface area contributed by atoms with Gasteiger partial charge in [0.05, 0.1) is 12.5 Å². The van der Waals surface area contributed by atoms with Gasteiger partial charge in [-0.2, -0.15) is 0 Å². The number of carbonyl (C=O) groups is 3. The number of primary amides is 1. The number of carboxylic acids is 1. The second-order valence-corrected chi connectivity index (χ2v) is 4.31. The molecule has 0 aliphatic rings. The van der Waals surface area contributed by atoms with Gasteiger partial charge in [0.25, 0.3) is 0 Å². The Bertz CT molecular complexity index is 306. The maximum atomic E-state index is 11.5. The van der Waals surface area contributed by atoms with Gasteiger partial charge in [-0.05, 0) is 12.3 Å². The highest BCUT2D eigenvalue weighted by molar-refractivity contribution is 5.89. The van der Waals surface area contributed by atoms with Crippen molar-refractivity contribution in [3.63, 3.8) is 0 Å². The molecule has 0 aromatic carbocycles. The van der Waals surface area contributed by atoms with Gasteiger partial charge in [-0.15, -0.1) is 0 Å². The molecule has 0 aromatic heterocycles. The predicted octanol–water partition coefficient (Wildman–Crippen LogP) is -2.02. The van der Waals surface area contributed by atoms with Gasteiger partial charge < -0.3 is 27.4 Å². The Kier molecular flexibility index (Phi) is 8.75. The first-order chi connectivity index (χ1) is 7.73. The number of hydrogen-bond donors (Lipinski definition) is 4. The van der Waals surface area contributed by atoms with Crippen molar-refractivity contribution in [1.82, 2.24) is 5.32 Å². The number of rotatable bonds is 7. The highest BCUT2D eigenvalue weighted by atomic mass is 16.4. The van der Waals surface area contributed by atoms with E-state index in [9.17, 15) is 14.4 Å². The van der Waals surface area contributed by atoms with Crippen LogP contribution in [-0.2, 0) is 14.4 Å². The minimum atomic E-state index is -1.32. The molecule has 0 aromatic rings. The fraction of sp³-hybridized carbons (Fsp3) is 0.700. The summed E-state index contributed by atoms with van der Waals surface area (Å²) in [5, 5.41) is 11.0. The molecule has 0 saturated heterocycles. The van der Waals surface area contributed by atoms with Gasteiger partial charge in [0, 0.05) is 0 Å². The van der Waals surface area contributed by atoms with Crippen LogP contribution >= 0.6 is 0 Å². The molecule has 8 N–H and O–H groups in total. The molecule has 0 fully saturated rings. The van der Waals surface area contributed by atoms with Crippen molar-refractivity contribution < 1.29 is 25.0 Å². The van der Waals surface area contributed by atoms with E-state index in [0.29, 0.717) is 6.42 Å². The number of carboxylic acid groups (broad SMARTS) is 1. The Labute approximate surface area is 105 Å². The van der Waals surface area contributed by atoms with Gasteiger partial charge in [0.1, 0.15) is 6.04 Å². The maximum Gasteiger partial charge on any atom is 0.326 e. The van der Waals surface area contributed by atoms with Crippen LogP contribution in [0.4, 0.5) is 0 Å². The average molecular weight is 263 g/mol. The van der Waals surface area contributed by atoms with E-state index in [0.717, 1.165) is 0 Å². The predicted molar refractivity (Wildman–Crippen MR) is 64.4 cm³/mol. The van der Waals surface area contributed by atoms with Crippen molar-refractivity contribution in [2.24, 2.45) is 17.4 Å². The van der Waals surface area contributed by atoms with Crippen molar-refractivity contribution in [2.45, 2.75) is 38.8 Å². The number of nitrogens with one attached hydrogen (secondary N) is 1. The van der Waals surface area contributed by atoms with Gasteiger partial charge in [0.2, 0.25) is 11.8 Å². The number of hydrogen-bond acceptors (Lipinski definition) is 4. The lowest BCUT2D eigenvalue weighted by atomic mass is 10.0. The fourth-order valence-electron chi connectivity index (χ4n) is 1.29. The number of aliphatic carboxylic acids is 1. The first-order valence-corrected chi connectivity index (χ1v) is 5.31. The van der Waals surface area contributed by atoms with Crippen LogP contribution in [0, 0.1) is 5.92 Å². The van der Waals surface area contributed by atoms with Gasteiger partial charge in [-0.25, -0.2) is 4.79 Å². The second kappa shape index (κ2) is 8.43. The second-order valence-electron chi connectivity index (χ2n) is 4.31. The van der Waals surface area contributed by atoms with E-state index in [1.54, 1.807) is 0 Å². The Balaban J connectivity index is 0. The molecule has 0 aliphatic carbocycles. The molecule has 0 spiro atoms. The van der Waals surface area contributed by atoms with E-state index in [2.05, 4.69) is 5.32 Å². The Hall–Kier alpha value is -1.67. The molecule has 106 valence electrons. The molecule has 2 atom stereocenters. The normalized spacial score (nSPS) is 13.3. The van der Waals surface area contributed by atoms with Gasteiger partial charge in [-0.1, -0.05) is 13.8 Å². The lowest BCUT2D eigenvalue weighted by Gasteiger charge is -2.17. The Morgan fingerprint density at radius 2 is 1.78 bits per heavy atom. The standard InChI is InChI=1S/C10H19N3O4.H2O/c1-5(2)3-6(11)9(15)13-7(10(16)17)4-8(12)14;/h5-7H,3-4,11H2,1-2H3,(H2,12,14)(H,13,15)(H,16,17);1H2/t6-,7-;/m0./s1. The molecule has 0 radical (unpaired) electrons. The van der Waals surface area contributed by atoms with Crippen LogP contribution in [0.25, 0.3) is 0 Å². The van der Waals surface area contributed by atoms with Crippen LogP contribution in [-0.4, -0.2) is 40.5 Å². The summed E-state index contributed by atoms with van der Waals surface area (Å²) >= 11 is 0. The van der Waals surface area contributed by atoms with Crippen LogP contribution < -0.4 is 16.8 Å². The van der Waals surface area contributed by atoms with E-state index in [1.807, 2.05) is 13.8 Å². The Morgan fingerprint density at radius 1 is 1.28 bits per heavy atom. The summed E-state index contributed by atoms with van der Waals surface area (Å²) in [6.45, 7) is 3.79. The van der Waals surface area contributed by atoms with Crippen molar-refractivity contribution in [1.29, 1.82) is 0 Å². The summed E-state index contributed by atoms with van der Waals surface area (Å²) < 4.78 is 0. The van der Waals surface area contributed by atoms with Gasteiger partial charge >= 0.3 is 5.97 Å². The van der Waals surface area contributed by atoms with Crippen LogP contribution in [0.1, 0.15) is 26.7 Å². The first kappa shape index (κ1) is 18.7. The minimum Gasteiger partial charge on any atom is -0.480 e. The molecular formula is C10H21N3O5. The third-order valence-electron chi connectivity index (χ3n) is 2.08. The number of carbonyl (C=O) groups excluding carboxylic acids is 2. The number of nitrogens with two attached hydrogens (primary N) is 2. The molecule has 2 amide bonds. The topological polar surface area (TPSA) is 167 Å². The van der Waals surface area contributed by atoms with Crippen molar-refractivity contribution in [2.75, 3.05) is 0 Å². The molecule has 18 heavy (non-hydrogen) atoms. The zero-order valence-corrected chi connectivity index (χ0v) is 10.5. The summed E-state index contributed by atoms with van der Waals surface area (Å²) in [6.07, 6.45) is -0.00971. The van der Waals surface area contributed by atoms with Crippen LogP contribution in [0.5, 0.6) is 0 Å². The van der Waals surface area contributed by atoms with E-state index >= 15 is 0 Å². The molecule has 0 unspecified atom stereocenters. The maximum absolute atomic E-state index is 11.5. The first-order valence-electron chi connectivity index (χ1n) is 5.31. The fourth-order valence-corrected chi connectivity index (χ4v) is 1.29. The van der Waals surface area contributed by atoms with E-state index in [4.69, 9.17) is 16.6 Å². The Morgan fingerprint density at radius 3 is 2.11 bits per heavy atom. The summed E-state index contributed by atoms with van der Waals surface area (Å²) in [6, 6.07) is -2.11. The third kappa shape index (κ3) is 7.58. The lowest BCUT2D eigenvalue weighted by Crippen LogP contribution is -2.50. The van der Waals surface area contributed by atoms with Crippen LogP contribution in [0.2, 0.25) is 0 Å². The molecule has 0 heterocycles. The summed E-state index contributed by atoms with van der Waals surface area (Å²) in [5.74, 6) is -2.48. The highest BCUT2D eigenvalue weighted by Crippen LogP contribution is 2.03. The molecule has 0 aliphatic heterocycles. The van der Waals surface area contributed by atoms with E-state index in [1.165, 1.54) is 0 Å². The molecule has 8 nitrogen and oxygen atoms in total. The lowest BCUT2D eigenvalue weighted by molar-refractivity contribution is -0.143. The van der Waals surface area contributed by atoms with Crippen LogP contribution in [0.3, 0.4) is 0 Å². The van der Waals surface area contributed by atoms with E-state index in [-0.39, 0.29) is 11.4 Å². The summed E-state index contributed by atoms with van der Waals surface area (Å²) in [7, 11) is 0. The molecule has 0 saturated carbocycles. The average Bonchev–Trinajstić information content (AvgIpc) is 2.14. The smallest absolute Gasteiger partial charge is 0.326 e. The van der Waals surface area contributed by atoms with Crippen molar-refractivity contribution in [3.05, 3.63) is 0 Å². The van der Waals surface area contributed by atoms with E-state index < -0.39 is 36.3 Å². The molecule has 8 heteroatoms. The van der Waals surface area contributed by atoms with Gasteiger partial charge in [-0.3, -0.25) is 9.59 Å². The van der Waals surface area contributed by atoms with Crippen molar-refractivity contribution >= 4 is 17.8 Å². The highest BCUT2D eigenvalue weighted by Gasteiger charge is 2.25. The summed E-state index contributed by atoms with van der Waals surface area (Å²) in [4.78, 5) is 32.9. The van der Waals surface area contributed by atoms with Crippen molar-refractivity contribution in [3.8, 4) is 0 Å². The number of amides is 2. The SMILES string of the molecule is CC(C)C[C@H](N)C(=O)N[C@@H](CC(N)=O)C(=O)O.O. The quantitative estimate of drug-likeness (QED) is 0.415. The summed E-state index contributed by atoms with van der Waals surface area (Å²) in [5.41, 5.74) is 10.5. The zero-order chi connectivity index (χ0) is 13.6. The molecule has 0 bridgehead atoms. The van der Waals surface area contributed by atoms with Crippen LogP contribution in [0.15, 0.2) is 0 Å². The minimum absolute atomic E-state index is 0. The largest absolute Gasteiger partial charge is 0.480 e. The molecular weight excluding hydrogens is 242 g/mol. The van der Waals surface area contributed by atoms with Gasteiger partial charge in [0.15, 0.2) is 0 Å². The monoisotopic (exact) mass is 263 g/mol. The third-order valence-corrected chi connectivity index (χ3v) is 2.08.